The predicted octanol–water partition coefficient (Wildman–Crippen LogP) is 3.43. The Bertz CT molecular complexity index is 1650. The van der Waals surface area contributed by atoms with E-state index in [2.05, 4.69) is 15.0 Å². The Morgan fingerprint density at radius 1 is 1.12 bits per heavy atom. The molecule has 4 aromatic rings. The van der Waals surface area contributed by atoms with E-state index in [1.54, 1.807) is 6.07 Å². The fraction of sp³-hybridized carbons (Fsp3) is 0.280. The van der Waals surface area contributed by atoms with Crippen molar-refractivity contribution in [1.29, 1.82) is 0 Å². The highest BCUT2D eigenvalue weighted by atomic mass is 31.2. The van der Waals surface area contributed by atoms with Gasteiger partial charge in [0.2, 0.25) is 12.7 Å². The molecule has 1 atom stereocenters. The van der Waals surface area contributed by atoms with E-state index in [0.717, 1.165) is 0 Å². The Hall–Kier alpha value is -4.50. The average molecular weight is 607 g/mol. The smallest absolute Gasteiger partial charge is 0.493 e. The number of imidazole rings is 1. The molecule has 17 heteroatoms. The lowest BCUT2D eigenvalue weighted by Gasteiger charge is -2.19. The zero-order valence-electron chi connectivity index (χ0n) is 22.5. The molecule has 2 aromatic heterocycles. The normalized spacial score (nSPS) is 12.5. The second kappa shape index (κ2) is 13.9. The first-order valence-electron chi connectivity index (χ1n) is 12.2. The van der Waals surface area contributed by atoms with E-state index < -0.39 is 38.3 Å². The first kappa shape index (κ1) is 30.5. The first-order valence-corrected chi connectivity index (χ1v) is 13.9. The molecule has 15 nitrogen and oxygen atoms in total. The molecule has 1 unspecified atom stereocenters. The van der Waals surface area contributed by atoms with Crippen molar-refractivity contribution in [3.63, 3.8) is 0 Å². The van der Waals surface area contributed by atoms with E-state index in [1.165, 1.54) is 61.5 Å². The third kappa shape index (κ3) is 8.04. The van der Waals surface area contributed by atoms with Gasteiger partial charge in [-0.05, 0) is 29.8 Å². The standard InChI is InChI=1S/C25H27FN5O10P/c1-35-19-7-6-18(11-20(19)36-2)41-25(33)38-14-40-42(34,39-12-16-4-3-5-17(26)10-16)15-37-9-8-31-13-28-21-22(31)29-24(27)30-23(21)32/h3-7,10-11,13H,8-9,12,14-15H2,1-2H3,(H3,27,29,30,32). The lowest BCUT2D eigenvalue weighted by atomic mass is 10.2. The van der Waals surface area contributed by atoms with Gasteiger partial charge in [-0.25, -0.2) is 14.2 Å². The monoisotopic (exact) mass is 607 g/mol. The van der Waals surface area contributed by atoms with E-state index in [9.17, 15) is 18.5 Å². The molecule has 2 aromatic carbocycles. The zero-order valence-corrected chi connectivity index (χ0v) is 23.4. The Balaban J connectivity index is 1.34. The molecule has 0 saturated heterocycles. The zero-order chi connectivity index (χ0) is 30.1. The molecule has 0 saturated carbocycles. The largest absolute Gasteiger partial charge is 0.515 e. The number of ether oxygens (including phenoxy) is 5. The van der Waals surface area contributed by atoms with Crippen LogP contribution in [0.5, 0.6) is 17.2 Å². The number of methoxy groups -OCH3 is 2. The third-order valence-corrected chi connectivity index (χ3v) is 7.04. The summed E-state index contributed by atoms with van der Waals surface area (Å²) in [7, 11) is -1.19. The van der Waals surface area contributed by atoms with Crippen LogP contribution in [0.15, 0.2) is 53.6 Å². The summed E-state index contributed by atoms with van der Waals surface area (Å²) in [5, 5.41) is 0. The summed E-state index contributed by atoms with van der Waals surface area (Å²) >= 11 is 0. The van der Waals surface area contributed by atoms with Crippen molar-refractivity contribution in [1.82, 2.24) is 19.5 Å². The number of nitrogens with zero attached hydrogens (tertiary/aromatic N) is 3. The van der Waals surface area contributed by atoms with Crippen LogP contribution < -0.4 is 25.5 Å². The van der Waals surface area contributed by atoms with E-state index in [0.29, 0.717) is 17.1 Å². The van der Waals surface area contributed by atoms with Crippen molar-refractivity contribution in [3.8, 4) is 17.2 Å². The molecule has 4 rings (SSSR count). The molecule has 0 radical (unpaired) electrons. The highest BCUT2D eigenvalue weighted by Gasteiger charge is 2.27. The third-order valence-electron chi connectivity index (χ3n) is 5.52. The van der Waals surface area contributed by atoms with Crippen LogP contribution in [0.4, 0.5) is 15.1 Å². The predicted molar refractivity (Wildman–Crippen MR) is 145 cm³/mol. The number of anilines is 1. The lowest BCUT2D eigenvalue weighted by Crippen LogP contribution is -2.15. The molecule has 0 spiro atoms. The van der Waals surface area contributed by atoms with Gasteiger partial charge in [0.15, 0.2) is 22.7 Å². The molecule has 0 aliphatic heterocycles. The summed E-state index contributed by atoms with van der Waals surface area (Å²) < 4.78 is 65.0. The molecule has 224 valence electrons. The van der Waals surface area contributed by atoms with Crippen molar-refractivity contribution in [2.75, 3.05) is 39.7 Å². The maximum Gasteiger partial charge on any atom is 0.515 e. The number of nitrogens with two attached hydrogens (primary N) is 1. The Morgan fingerprint density at radius 2 is 1.93 bits per heavy atom. The van der Waals surface area contributed by atoms with Crippen molar-refractivity contribution in [3.05, 3.63) is 70.5 Å². The molecular weight excluding hydrogens is 580 g/mol. The number of H-pyrrole nitrogens is 1. The molecule has 2 heterocycles. The number of nitrogen functional groups attached to an aromatic ring is 1. The van der Waals surface area contributed by atoms with Gasteiger partial charge in [-0.2, -0.15) is 4.98 Å². The number of hydrogen-bond donors (Lipinski definition) is 2. The molecule has 0 aliphatic rings. The van der Waals surface area contributed by atoms with Crippen molar-refractivity contribution >= 4 is 30.9 Å². The average Bonchev–Trinajstić information content (AvgIpc) is 3.37. The van der Waals surface area contributed by atoms with E-state index in [-0.39, 0.29) is 42.6 Å². The number of benzene rings is 2. The number of hydrogen-bond acceptors (Lipinski definition) is 13. The van der Waals surface area contributed by atoms with E-state index in [4.69, 9.17) is 38.5 Å². The summed E-state index contributed by atoms with van der Waals surface area (Å²) in [4.78, 5) is 34.5. The minimum absolute atomic E-state index is 0.0290. The van der Waals surface area contributed by atoms with Crippen molar-refractivity contribution in [2.24, 2.45) is 0 Å². The number of nitrogens with one attached hydrogen (secondary N) is 1. The number of aromatic nitrogens is 4. The summed E-state index contributed by atoms with van der Waals surface area (Å²) in [5.41, 5.74) is 5.82. The van der Waals surface area contributed by atoms with Crippen LogP contribution in [0.2, 0.25) is 0 Å². The number of carbonyl (C=O) groups is 1. The van der Waals surface area contributed by atoms with Crippen LogP contribution in [-0.2, 0) is 36.2 Å². The van der Waals surface area contributed by atoms with Gasteiger partial charge in [0.25, 0.3) is 5.56 Å². The number of halogens is 1. The SMILES string of the molecule is COc1ccc(OC(=O)OCOP(=O)(COCCn2cnc3c(=O)[nH]c(N)nc32)OCc2cccc(F)c2)cc1OC. The van der Waals surface area contributed by atoms with Gasteiger partial charge in [-0.1, -0.05) is 12.1 Å². The maximum atomic E-state index is 13.6. The minimum atomic E-state index is -4.06. The van der Waals surface area contributed by atoms with Gasteiger partial charge in [0.05, 0.1) is 33.8 Å². The second-order valence-corrected chi connectivity index (χ2v) is 10.4. The molecular formula is C25H27FN5O10P. The summed E-state index contributed by atoms with van der Waals surface area (Å²) in [6, 6.07) is 9.86. The fourth-order valence-corrected chi connectivity index (χ4v) is 4.68. The van der Waals surface area contributed by atoms with Crippen molar-refractivity contribution < 1.29 is 46.5 Å². The van der Waals surface area contributed by atoms with Gasteiger partial charge in [-0.15, -0.1) is 0 Å². The minimum Gasteiger partial charge on any atom is -0.493 e. The Labute approximate surface area is 237 Å². The number of rotatable bonds is 14. The van der Waals surface area contributed by atoms with Crippen LogP contribution in [0.1, 0.15) is 5.56 Å². The van der Waals surface area contributed by atoms with Crippen LogP contribution in [-0.4, -0.2) is 59.6 Å². The van der Waals surface area contributed by atoms with Gasteiger partial charge >= 0.3 is 13.8 Å². The maximum absolute atomic E-state index is 13.6. The van der Waals surface area contributed by atoms with Crippen LogP contribution >= 0.6 is 7.60 Å². The fourth-order valence-electron chi connectivity index (χ4n) is 3.55. The van der Waals surface area contributed by atoms with Gasteiger partial charge in [-0.3, -0.25) is 18.9 Å². The molecule has 3 N–H and O–H groups in total. The van der Waals surface area contributed by atoms with E-state index >= 15 is 0 Å². The topological polar surface area (TPSA) is 188 Å². The lowest BCUT2D eigenvalue weighted by molar-refractivity contribution is 0.0153. The van der Waals surface area contributed by atoms with Crippen LogP contribution in [0, 0.1) is 5.82 Å². The van der Waals surface area contributed by atoms with Crippen LogP contribution in [0.25, 0.3) is 11.2 Å². The van der Waals surface area contributed by atoms with Crippen molar-refractivity contribution in [2.45, 2.75) is 13.2 Å². The molecule has 0 aliphatic carbocycles. The summed E-state index contributed by atoms with van der Waals surface area (Å²) in [5.74, 6) is 0.250. The van der Waals surface area contributed by atoms with Gasteiger partial charge in [0, 0.05) is 12.6 Å². The Kier molecular flexibility index (Phi) is 10.1. The quantitative estimate of drug-likeness (QED) is 0.0698. The number of carbonyl (C=O) groups excluding carboxylic acids is 1. The number of fused-ring (bicyclic) bond motifs is 1. The van der Waals surface area contributed by atoms with Gasteiger partial charge in [0.1, 0.15) is 17.9 Å². The van der Waals surface area contributed by atoms with Crippen LogP contribution in [0.3, 0.4) is 0 Å². The molecule has 42 heavy (non-hydrogen) atoms. The van der Waals surface area contributed by atoms with E-state index in [1.807, 2.05) is 0 Å². The highest BCUT2D eigenvalue weighted by Crippen LogP contribution is 2.49. The summed E-state index contributed by atoms with van der Waals surface area (Å²) in [6.45, 7) is -0.968. The summed E-state index contributed by atoms with van der Waals surface area (Å²) in [6.07, 6.45) is -0.336. The molecule has 0 fully saturated rings. The molecule has 0 amide bonds. The number of aromatic amines is 1. The molecule has 0 bridgehead atoms. The highest BCUT2D eigenvalue weighted by molar-refractivity contribution is 7.53. The van der Waals surface area contributed by atoms with Gasteiger partial charge < -0.3 is 38.5 Å². The second-order valence-electron chi connectivity index (χ2n) is 8.37. The Morgan fingerprint density at radius 3 is 2.69 bits per heavy atom. The first-order chi connectivity index (χ1) is 20.2.